The van der Waals surface area contributed by atoms with Gasteiger partial charge in [0.2, 0.25) is 0 Å². The van der Waals surface area contributed by atoms with E-state index in [0.717, 1.165) is 90.4 Å². The average Bonchev–Trinajstić information content (AvgIpc) is 3.10. The summed E-state index contributed by atoms with van der Waals surface area (Å²) in [5.41, 5.74) is 11.2. The van der Waals surface area contributed by atoms with E-state index < -0.39 is 0 Å². The minimum atomic E-state index is -0.290. The molecule has 4 aliphatic heterocycles. The zero-order valence-electron chi connectivity index (χ0n) is 29.8. The van der Waals surface area contributed by atoms with Gasteiger partial charge in [0.15, 0.2) is 11.9 Å². The molecule has 2 amide bonds. The first-order valence-electron chi connectivity index (χ1n) is 19.2. The highest BCUT2D eigenvalue weighted by Crippen LogP contribution is 2.29. The molecule has 0 aromatic heterocycles. The Bertz CT molecular complexity index is 1100. The number of hydrogen-bond acceptors (Lipinski definition) is 8. The number of guanidine groups is 2. The first kappa shape index (κ1) is 37.7. The summed E-state index contributed by atoms with van der Waals surface area (Å²) in [4.78, 5) is 59.2. The van der Waals surface area contributed by atoms with Gasteiger partial charge < -0.3 is 40.5 Å². The lowest BCUT2D eigenvalue weighted by atomic mass is 9.84. The molecule has 4 saturated heterocycles. The van der Waals surface area contributed by atoms with Gasteiger partial charge >= 0.3 is 12.2 Å². The highest BCUT2D eigenvalue weighted by molar-refractivity contribution is 5.82. The van der Waals surface area contributed by atoms with Gasteiger partial charge in [0.1, 0.15) is 23.8 Å². The summed E-state index contributed by atoms with van der Waals surface area (Å²) in [6.45, 7) is 5.10. The second kappa shape index (κ2) is 18.1. The molecule has 1 aliphatic carbocycles. The van der Waals surface area contributed by atoms with Crippen molar-refractivity contribution in [3.8, 4) is 0 Å². The van der Waals surface area contributed by atoms with Gasteiger partial charge in [0.05, 0.1) is 0 Å². The number of amides is 2. The van der Waals surface area contributed by atoms with Crippen LogP contribution in [0.4, 0.5) is 9.59 Å². The standard InChI is InChI=1S/C36H60N8O6/c37-33(38)41-15-7-25(8-16-41)23-31(45)27-11-19-43(20-12-27)35(47)49-29-3-1-4-30(6-2-5-29)50-36(48)44-21-13-28(14-22-44)32(46)24-26-9-17-42(18-10-26)34(39)40/h25-30H,1-24H2,(H3,37,38)(H3,39,40). The Morgan fingerprint density at radius 3 is 1.08 bits per heavy atom. The first-order chi connectivity index (χ1) is 24.0. The molecule has 4 heterocycles. The Hall–Kier alpha value is -3.58. The molecule has 14 heteroatoms. The van der Waals surface area contributed by atoms with Crippen LogP contribution in [0.25, 0.3) is 0 Å². The lowest BCUT2D eigenvalue weighted by Gasteiger charge is -2.35. The van der Waals surface area contributed by atoms with Gasteiger partial charge in [-0.1, -0.05) is 0 Å². The van der Waals surface area contributed by atoms with Crippen LogP contribution in [0.5, 0.6) is 0 Å². The molecule has 6 N–H and O–H groups in total. The number of ketones is 2. The molecule has 0 atom stereocenters. The molecule has 50 heavy (non-hydrogen) atoms. The molecule has 0 aromatic rings. The van der Waals surface area contributed by atoms with Gasteiger partial charge in [0.25, 0.3) is 0 Å². The molecule has 0 radical (unpaired) electrons. The monoisotopic (exact) mass is 700 g/mol. The molecule has 0 spiro atoms. The zero-order chi connectivity index (χ0) is 35.6. The van der Waals surface area contributed by atoms with Crippen LogP contribution in [0.3, 0.4) is 0 Å². The minimum Gasteiger partial charge on any atom is -0.446 e. The molecular weight excluding hydrogens is 640 g/mol. The van der Waals surface area contributed by atoms with Gasteiger partial charge in [-0.25, -0.2) is 9.59 Å². The summed E-state index contributed by atoms with van der Waals surface area (Å²) >= 11 is 0. The maximum atomic E-state index is 13.0. The third-order valence-corrected chi connectivity index (χ3v) is 11.9. The Morgan fingerprint density at radius 1 is 0.480 bits per heavy atom. The van der Waals surface area contributed by atoms with Crippen molar-refractivity contribution in [2.24, 2.45) is 35.1 Å². The molecule has 0 aromatic carbocycles. The van der Waals surface area contributed by atoms with Crippen molar-refractivity contribution in [2.45, 2.75) is 115 Å². The van der Waals surface area contributed by atoms with Crippen LogP contribution in [0.15, 0.2) is 0 Å². The molecule has 280 valence electrons. The smallest absolute Gasteiger partial charge is 0.410 e. The van der Waals surface area contributed by atoms with Crippen molar-refractivity contribution in [3.63, 3.8) is 0 Å². The highest BCUT2D eigenvalue weighted by atomic mass is 16.6. The molecule has 5 aliphatic rings. The van der Waals surface area contributed by atoms with E-state index in [1.54, 1.807) is 9.80 Å². The van der Waals surface area contributed by atoms with Crippen molar-refractivity contribution >= 4 is 35.7 Å². The molecule has 5 fully saturated rings. The van der Waals surface area contributed by atoms with E-state index in [1.807, 2.05) is 9.80 Å². The Kier molecular flexibility index (Phi) is 13.6. The van der Waals surface area contributed by atoms with E-state index in [0.29, 0.717) is 88.1 Å². The number of likely N-dealkylation sites (tertiary alicyclic amines) is 4. The predicted octanol–water partition coefficient (Wildman–Crippen LogP) is 3.90. The van der Waals surface area contributed by atoms with Crippen molar-refractivity contribution in [3.05, 3.63) is 0 Å². The molecule has 1 saturated carbocycles. The molecule has 5 rings (SSSR count). The Labute approximate surface area is 296 Å². The van der Waals surface area contributed by atoms with Crippen LogP contribution in [-0.4, -0.2) is 120 Å². The van der Waals surface area contributed by atoms with E-state index in [2.05, 4.69) is 0 Å². The number of carbonyl (C=O) groups is 4. The minimum absolute atomic E-state index is 0.00608. The summed E-state index contributed by atoms with van der Waals surface area (Å²) in [5, 5.41) is 15.2. The van der Waals surface area contributed by atoms with Crippen LogP contribution in [0.1, 0.15) is 103 Å². The average molecular weight is 701 g/mol. The summed E-state index contributed by atoms with van der Waals surface area (Å²) in [6, 6.07) is 0. The number of ether oxygens (including phenoxy) is 2. The van der Waals surface area contributed by atoms with E-state index in [-0.39, 0.29) is 48.1 Å². The van der Waals surface area contributed by atoms with Gasteiger partial charge in [-0.3, -0.25) is 20.4 Å². The largest absolute Gasteiger partial charge is 0.446 e. The lowest BCUT2D eigenvalue weighted by Crippen LogP contribution is -2.44. The SMILES string of the molecule is N=C(N)N1CCC(CC(=O)C2CCN(C(=O)OC3CCCC(OC(=O)N4CCC(C(=O)CC5CCN(C(=N)N)CC5)CC4)CCC3)CC2)CC1. The topological polar surface area (TPSA) is 199 Å². The van der Waals surface area contributed by atoms with Crippen LogP contribution >= 0.6 is 0 Å². The van der Waals surface area contributed by atoms with Crippen molar-refractivity contribution in [1.29, 1.82) is 10.8 Å². The van der Waals surface area contributed by atoms with Crippen molar-refractivity contribution in [2.75, 3.05) is 52.4 Å². The zero-order valence-corrected chi connectivity index (χ0v) is 29.8. The van der Waals surface area contributed by atoms with Gasteiger partial charge in [0, 0.05) is 77.0 Å². The number of nitrogens with one attached hydrogen (secondary N) is 2. The maximum Gasteiger partial charge on any atom is 0.410 e. The van der Waals surface area contributed by atoms with Crippen LogP contribution < -0.4 is 11.5 Å². The van der Waals surface area contributed by atoms with Gasteiger partial charge in [-0.2, -0.15) is 0 Å². The van der Waals surface area contributed by atoms with Crippen LogP contribution in [0.2, 0.25) is 0 Å². The molecule has 14 nitrogen and oxygen atoms in total. The second-order valence-corrected chi connectivity index (χ2v) is 15.4. The molecule has 0 bridgehead atoms. The van der Waals surface area contributed by atoms with E-state index in [9.17, 15) is 19.2 Å². The fourth-order valence-corrected chi connectivity index (χ4v) is 8.53. The third kappa shape index (κ3) is 10.7. The summed E-state index contributed by atoms with van der Waals surface area (Å²) in [5.74, 6) is 1.48. The quantitative estimate of drug-likeness (QED) is 0.213. The number of piperidine rings is 4. The normalized spacial score (nSPS) is 25.4. The second-order valence-electron chi connectivity index (χ2n) is 15.4. The number of hydrogen-bond donors (Lipinski definition) is 4. The number of rotatable bonds is 8. The molecular formula is C36H60N8O6. The Balaban J connectivity index is 0.932. The summed E-state index contributed by atoms with van der Waals surface area (Å²) < 4.78 is 11.9. The van der Waals surface area contributed by atoms with Gasteiger partial charge in [-0.05, 0) is 102 Å². The fourth-order valence-electron chi connectivity index (χ4n) is 8.53. The van der Waals surface area contributed by atoms with Crippen molar-refractivity contribution < 1.29 is 28.7 Å². The van der Waals surface area contributed by atoms with Crippen molar-refractivity contribution in [1.82, 2.24) is 19.6 Å². The summed E-state index contributed by atoms with van der Waals surface area (Å²) in [7, 11) is 0. The van der Waals surface area contributed by atoms with E-state index in [1.165, 1.54) is 0 Å². The number of nitrogens with zero attached hydrogens (tertiary/aromatic N) is 4. The Morgan fingerprint density at radius 2 is 0.780 bits per heavy atom. The van der Waals surface area contributed by atoms with E-state index >= 15 is 0 Å². The third-order valence-electron chi connectivity index (χ3n) is 11.9. The van der Waals surface area contributed by atoms with Crippen LogP contribution in [0, 0.1) is 34.5 Å². The maximum absolute atomic E-state index is 13.0. The first-order valence-corrected chi connectivity index (χ1v) is 19.2. The van der Waals surface area contributed by atoms with Gasteiger partial charge in [-0.15, -0.1) is 0 Å². The molecule has 0 unspecified atom stereocenters. The highest BCUT2D eigenvalue weighted by Gasteiger charge is 2.34. The van der Waals surface area contributed by atoms with Crippen LogP contribution in [-0.2, 0) is 19.1 Å². The summed E-state index contributed by atoms with van der Waals surface area (Å²) in [6.07, 6.45) is 11.0. The lowest BCUT2D eigenvalue weighted by molar-refractivity contribution is -0.126. The number of nitrogens with two attached hydrogens (primary N) is 2. The van der Waals surface area contributed by atoms with E-state index in [4.69, 9.17) is 31.8 Å². The predicted molar refractivity (Wildman–Crippen MR) is 189 cm³/mol. The fraction of sp³-hybridized carbons (Fsp3) is 0.833. The number of carbonyl (C=O) groups excluding carboxylic acids is 4. The number of Topliss-reactive ketones (excluding diaryl/α,β-unsaturated/α-hetero) is 2.